The van der Waals surface area contributed by atoms with Crippen LogP contribution in [0.25, 0.3) is 0 Å². The minimum absolute atomic E-state index is 0.119. The van der Waals surface area contributed by atoms with Crippen molar-refractivity contribution in [1.29, 1.82) is 0 Å². The zero-order valence-corrected chi connectivity index (χ0v) is 7.15. The van der Waals surface area contributed by atoms with Crippen molar-refractivity contribution in [3.05, 3.63) is 24.0 Å². The second-order valence-electron chi connectivity index (χ2n) is 2.25. The van der Waals surface area contributed by atoms with Gasteiger partial charge in [-0.2, -0.15) is 0 Å². The van der Waals surface area contributed by atoms with Gasteiger partial charge in [-0.3, -0.25) is 0 Å². The van der Waals surface area contributed by atoms with Gasteiger partial charge in [-0.05, 0) is 19.1 Å². The normalized spacial score (nSPS) is 11.3. The first-order valence-electron chi connectivity index (χ1n) is 3.82. The fourth-order valence-corrected chi connectivity index (χ4v) is 0.882. The van der Waals surface area contributed by atoms with Crippen LogP contribution in [0.15, 0.2) is 23.5 Å². The fourth-order valence-electron chi connectivity index (χ4n) is 0.882. The van der Waals surface area contributed by atoms with Gasteiger partial charge in [0.25, 0.3) is 0 Å². The molecule has 1 aromatic heterocycles. The van der Waals surface area contributed by atoms with Crippen LogP contribution in [0, 0.1) is 0 Å². The fraction of sp³-hybridized carbons (Fsp3) is 0.250. The van der Waals surface area contributed by atoms with Crippen LogP contribution in [0.5, 0.6) is 0 Å². The minimum Gasteiger partial charge on any atom is -0.461 e. The van der Waals surface area contributed by atoms with Crippen molar-refractivity contribution in [3.63, 3.8) is 0 Å². The van der Waals surface area contributed by atoms with E-state index in [1.807, 2.05) is 0 Å². The lowest BCUT2D eigenvalue weighted by atomic mass is 10.3. The highest BCUT2D eigenvalue weighted by Crippen LogP contribution is 1.99. The van der Waals surface area contributed by atoms with E-state index in [1.54, 1.807) is 25.3 Å². The topological polar surface area (TPSA) is 74.7 Å². The Morgan fingerprint density at radius 2 is 2.54 bits per heavy atom. The number of nitrogens with one attached hydrogen (secondary N) is 1. The molecule has 0 amide bonds. The molecule has 0 aliphatic heterocycles. The van der Waals surface area contributed by atoms with Gasteiger partial charge in [0.15, 0.2) is 0 Å². The first kappa shape index (κ1) is 9.31. The molecule has 0 saturated carbocycles. The molecule has 0 atom stereocenters. The summed E-state index contributed by atoms with van der Waals surface area (Å²) < 4.78 is 4.67. The van der Waals surface area contributed by atoms with Crippen molar-refractivity contribution >= 4 is 11.7 Å². The quantitative estimate of drug-likeness (QED) is 0.313. The Kier molecular flexibility index (Phi) is 3.08. The van der Waals surface area contributed by atoms with Gasteiger partial charge in [0, 0.05) is 6.20 Å². The third-order valence-electron chi connectivity index (χ3n) is 1.42. The number of nitrogens with zero attached hydrogens (tertiary/aromatic N) is 1. The molecule has 0 fully saturated rings. The Hall–Kier alpha value is -1.78. The summed E-state index contributed by atoms with van der Waals surface area (Å²) in [5.74, 6) is -0.646. The second kappa shape index (κ2) is 4.30. The number of esters is 1. The van der Waals surface area contributed by atoms with Crippen LogP contribution in [-0.2, 0) is 9.53 Å². The van der Waals surface area contributed by atoms with Crippen LogP contribution < -0.4 is 0 Å². The van der Waals surface area contributed by atoms with Gasteiger partial charge < -0.3 is 14.9 Å². The molecule has 0 aromatic carbocycles. The number of hydrogen-bond acceptors (Lipinski definition) is 4. The predicted molar refractivity (Wildman–Crippen MR) is 45.7 cm³/mol. The van der Waals surface area contributed by atoms with Crippen LogP contribution in [0.1, 0.15) is 12.6 Å². The molecule has 0 spiro atoms. The summed E-state index contributed by atoms with van der Waals surface area (Å²) in [6.07, 6.45) is 1.62. The van der Waals surface area contributed by atoms with E-state index < -0.39 is 5.97 Å². The Morgan fingerprint density at radius 1 is 1.77 bits per heavy atom. The van der Waals surface area contributed by atoms with E-state index >= 15 is 0 Å². The van der Waals surface area contributed by atoms with E-state index in [1.165, 1.54) is 0 Å². The van der Waals surface area contributed by atoms with Crippen LogP contribution in [-0.4, -0.2) is 28.5 Å². The number of rotatable bonds is 3. The lowest BCUT2D eigenvalue weighted by molar-refractivity contribution is -0.135. The Morgan fingerprint density at radius 3 is 3.00 bits per heavy atom. The van der Waals surface area contributed by atoms with Crippen molar-refractivity contribution in [2.24, 2.45) is 5.16 Å². The third-order valence-corrected chi connectivity index (χ3v) is 1.42. The highest BCUT2D eigenvalue weighted by molar-refractivity contribution is 6.42. The lowest BCUT2D eigenvalue weighted by Crippen LogP contribution is -2.19. The molecular weight excluding hydrogens is 172 g/mol. The number of oxime groups is 1. The van der Waals surface area contributed by atoms with Gasteiger partial charge in [-0.25, -0.2) is 4.79 Å². The molecule has 0 aliphatic rings. The molecule has 0 aliphatic carbocycles. The molecule has 0 unspecified atom stereocenters. The van der Waals surface area contributed by atoms with Gasteiger partial charge in [0.2, 0.25) is 5.71 Å². The number of hydrogen-bond donors (Lipinski definition) is 2. The molecule has 70 valence electrons. The van der Waals surface area contributed by atoms with Crippen molar-refractivity contribution in [2.75, 3.05) is 6.61 Å². The first-order valence-corrected chi connectivity index (χ1v) is 3.82. The first-order chi connectivity index (χ1) is 6.29. The van der Waals surface area contributed by atoms with Crippen molar-refractivity contribution in [1.82, 2.24) is 4.98 Å². The van der Waals surface area contributed by atoms with Gasteiger partial charge in [-0.15, -0.1) is 0 Å². The summed E-state index contributed by atoms with van der Waals surface area (Å²) >= 11 is 0. The largest absolute Gasteiger partial charge is 0.461 e. The van der Waals surface area contributed by atoms with Crippen LogP contribution in [0.4, 0.5) is 0 Å². The summed E-state index contributed by atoms with van der Waals surface area (Å²) in [5, 5.41) is 11.4. The van der Waals surface area contributed by atoms with Crippen molar-refractivity contribution < 1.29 is 14.7 Å². The Labute approximate surface area is 75.0 Å². The van der Waals surface area contributed by atoms with Crippen molar-refractivity contribution in [3.8, 4) is 0 Å². The average Bonchev–Trinajstić information content (AvgIpc) is 2.59. The van der Waals surface area contributed by atoms with Gasteiger partial charge >= 0.3 is 5.97 Å². The molecular formula is C8H10N2O3. The number of carbonyl (C=O) groups excluding carboxylic acids is 1. The van der Waals surface area contributed by atoms with Gasteiger partial charge in [0.05, 0.1) is 12.3 Å². The maximum absolute atomic E-state index is 11.1. The molecule has 0 radical (unpaired) electrons. The summed E-state index contributed by atoms with van der Waals surface area (Å²) in [4.78, 5) is 13.9. The molecule has 13 heavy (non-hydrogen) atoms. The number of aromatic amines is 1. The molecule has 1 aromatic rings. The van der Waals surface area contributed by atoms with E-state index in [2.05, 4.69) is 14.9 Å². The van der Waals surface area contributed by atoms with E-state index in [-0.39, 0.29) is 12.3 Å². The van der Waals surface area contributed by atoms with Crippen LogP contribution >= 0.6 is 0 Å². The van der Waals surface area contributed by atoms with Gasteiger partial charge in [-0.1, -0.05) is 5.16 Å². The summed E-state index contributed by atoms with van der Waals surface area (Å²) in [5.41, 5.74) is 0.313. The molecule has 2 N–H and O–H groups in total. The maximum atomic E-state index is 11.1. The minimum atomic E-state index is -0.646. The van der Waals surface area contributed by atoms with E-state index in [0.29, 0.717) is 5.69 Å². The van der Waals surface area contributed by atoms with E-state index in [4.69, 9.17) is 5.21 Å². The monoisotopic (exact) mass is 182 g/mol. The molecule has 0 bridgehead atoms. The van der Waals surface area contributed by atoms with E-state index in [9.17, 15) is 4.79 Å². The van der Waals surface area contributed by atoms with Crippen molar-refractivity contribution in [2.45, 2.75) is 6.92 Å². The Balaban J connectivity index is 2.82. The molecule has 0 saturated heterocycles. The zero-order chi connectivity index (χ0) is 9.68. The van der Waals surface area contributed by atoms with Crippen LogP contribution in [0.2, 0.25) is 0 Å². The summed E-state index contributed by atoms with van der Waals surface area (Å²) in [6.45, 7) is 1.93. The highest BCUT2D eigenvalue weighted by Gasteiger charge is 2.16. The number of aromatic nitrogens is 1. The van der Waals surface area contributed by atoms with E-state index in [0.717, 1.165) is 0 Å². The second-order valence-corrected chi connectivity index (χ2v) is 2.25. The Bertz CT molecular complexity index is 303. The summed E-state index contributed by atoms with van der Waals surface area (Å²) in [7, 11) is 0. The molecule has 5 nitrogen and oxygen atoms in total. The highest BCUT2D eigenvalue weighted by atomic mass is 16.5. The standard InChI is InChI=1S/C8H10N2O3/c1-2-13-8(11)7(10-12)6-4-3-5-9-6/h3-5,9,12H,2H2,1H3/b10-7-. The average molecular weight is 182 g/mol. The predicted octanol–water partition coefficient (Wildman–Crippen LogP) is 0.756. The molecule has 5 heteroatoms. The third kappa shape index (κ3) is 2.08. The van der Waals surface area contributed by atoms with Gasteiger partial charge in [0.1, 0.15) is 0 Å². The summed E-state index contributed by atoms with van der Waals surface area (Å²) in [6, 6.07) is 3.31. The SMILES string of the molecule is CCOC(=O)/C(=N\O)c1ccc[nH]1. The van der Waals surface area contributed by atoms with Crippen LogP contribution in [0.3, 0.4) is 0 Å². The number of carbonyl (C=O) groups is 1. The zero-order valence-electron chi connectivity index (χ0n) is 7.15. The smallest absolute Gasteiger partial charge is 0.362 e. The lowest BCUT2D eigenvalue weighted by Gasteiger charge is -2.00. The maximum Gasteiger partial charge on any atom is 0.362 e. The molecule has 1 heterocycles. The molecule has 1 rings (SSSR count). The number of H-pyrrole nitrogens is 1. The number of ether oxygens (including phenoxy) is 1.